The number of hydrogen-bond donors (Lipinski definition) is 6. The van der Waals surface area contributed by atoms with Crippen molar-refractivity contribution in [3.05, 3.63) is 127 Å². The molecule has 0 aliphatic rings. The first-order chi connectivity index (χ1) is 25.2. The minimum atomic E-state index is -1.14. The highest BCUT2D eigenvalue weighted by Crippen LogP contribution is 2.13. The monoisotopic (exact) mass is 713 g/mol. The Morgan fingerprint density at radius 2 is 1.13 bits per heavy atom. The third-order valence-corrected chi connectivity index (χ3v) is 7.70. The molecule has 0 radical (unpaired) electrons. The van der Waals surface area contributed by atoms with Gasteiger partial charge in [0.1, 0.15) is 31.3 Å². The smallest absolute Gasteiger partial charge is 0.408 e. The Morgan fingerprint density at radius 1 is 0.615 bits per heavy atom. The molecule has 0 saturated heterocycles. The fourth-order valence-corrected chi connectivity index (χ4v) is 5.02. The summed E-state index contributed by atoms with van der Waals surface area (Å²) < 4.78 is 9.98. The van der Waals surface area contributed by atoms with Crippen molar-refractivity contribution in [1.82, 2.24) is 21.3 Å². The predicted octanol–water partition coefficient (Wildman–Crippen LogP) is 3.94. The van der Waals surface area contributed by atoms with Gasteiger partial charge in [-0.1, -0.05) is 98.1 Å². The molecule has 0 fully saturated rings. The van der Waals surface area contributed by atoms with Crippen molar-refractivity contribution in [2.75, 3.05) is 25.1 Å². The van der Waals surface area contributed by atoms with E-state index in [4.69, 9.17) is 9.47 Å². The molecule has 3 atom stereocenters. The highest BCUT2D eigenvalue weighted by atomic mass is 16.6. The van der Waals surface area contributed by atoms with Crippen molar-refractivity contribution in [2.45, 2.75) is 56.8 Å². The summed E-state index contributed by atoms with van der Waals surface area (Å²) in [5.74, 6) is -1.75. The molecular formula is C39H47N5O8. The largest absolute Gasteiger partial charge is 0.445 e. The number of carbonyl (C=O) groups is 5. The molecule has 13 heteroatoms. The lowest BCUT2D eigenvalue weighted by Gasteiger charge is -2.25. The van der Waals surface area contributed by atoms with E-state index in [1.165, 1.54) is 12.2 Å². The van der Waals surface area contributed by atoms with E-state index < -0.39 is 48.0 Å². The maximum Gasteiger partial charge on any atom is 0.408 e. The van der Waals surface area contributed by atoms with Crippen LogP contribution < -0.4 is 26.6 Å². The van der Waals surface area contributed by atoms with Crippen molar-refractivity contribution in [2.24, 2.45) is 0 Å². The van der Waals surface area contributed by atoms with Gasteiger partial charge in [0.15, 0.2) is 0 Å². The number of carbonyl (C=O) groups excluding carboxylic acids is 5. The lowest BCUT2D eigenvalue weighted by atomic mass is 10.0. The second kappa shape index (κ2) is 22.7. The Kier molecular flexibility index (Phi) is 17.7. The summed E-state index contributed by atoms with van der Waals surface area (Å²) in [7, 11) is 0. The first-order valence-corrected chi connectivity index (χ1v) is 17.0. The number of alkyl carbamates (subject to hydrolysis) is 2. The molecule has 0 aliphatic heterocycles. The molecule has 0 aromatic heterocycles. The normalized spacial score (nSPS) is 12.2. The molecule has 0 spiro atoms. The average Bonchev–Trinajstić information content (AvgIpc) is 3.16. The van der Waals surface area contributed by atoms with E-state index in [0.717, 1.165) is 11.1 Å². The quantitative estimate of drug-likeness (QED) is 0.0709. The van der Waals surface area contributed by atoms with Crippen molar-refractivity contribution in [3.63, 3.8) is 0 Å². The van der Waals surface area contributed by atoms with Gasteiger partial charge in [0, 0.05) is 25.1 Å². The van der Waals surface area contributed by atoms with Gasteiger partial charge in [0.2, 0.25) is 17.7 Å². The van der Waals surface area contributed by atoms with Gasteiger partial charge >= 0.3 is 12.2 Å². The van der Waals surface area contributed by atoms with Crippen molar-refractivity contribution in [3.8, 4) is 0 Å². The Labute approximate surface area is 303 Å². The fourth-order valence-electron chi connectivity index (χ4n) is 5.02. The minimum Gasteiger partial charge on any atom is -0.445 e. The van der Waals surface area contributed by atoms with Crippen molar-refractivity contribution in [1.29, 1.82) is 0 Å². The Balaban J connectivity index is 1.81. The molecule has 13 nitrogen and oxygen atoms in total. The summed E-state index contributed by atoms with van der Waals surface area (Å²) >= 11 is 0. The molecule has 0 heterocycles. The van der Waals surface area contributed by atoms with Gasteiger partial charge in [0.25, 0.3) is 0 Å². The van der Waals surface area contributed by atoms with Crippen LogP contribution in [0.3, 0.4) is 0 Å². The zero-order valence-corrected chi connectivity index (χ0v) is 29.1. The van der Waals surface area contributed by atoms with Gasteiger partial charge in [-0.3, -0.25) is 14.4 Å². The zero-order chi connectivity index (χ0) is 37.6. The number of rotatable bonds is 21. The number of unbranched alkanes of at least 4 members (excludes halogenated alkanes) is 1. The molecular weight excluding hydrogens is 666 g/mol. The number of amides is 5. The Hall–Kier alpha value is -5.95. The summed E-state index contributed by atoms with van der Waals surface area (Å²) in [6, 6.07) is 21.5. The van der Waals surface area contributed by atoms with Crippen LogP contribution in [0.1, 0.15) is 36.0 Å². The van der Waals surface area contributed by atoms with Crippen LogP contribution in [-0.2, 0) is 43.3 Å². The van der Waals surface area contributed by atoms with Crippen molar-refractivity contribution >= 4 is 35.6 Å². The number of ether oxygens (including phenoxy) is 2. The number of anilines is 1. The number of nitrogens with one attached hydrogen (secondary N) is 5. The van der Waals surface area contributed by atoms with Gasteiger partial charge in [-0.05, 0) is 48.1 Å². The second-order valence-corrected chi connectivity index (χ2v) is 11.7. The molecule has 5 amide bonds. The Morgan fingerprint density at radius 3 is 1.67 bits per heavy atom. The van der Waals surface area contributed by atoms with Crippen LogP contribution >= 0.6 is 0 Å². The van der Waals surface area contributed by atoms with Gasteiger partial charge < -0.3 is 41.2 Å². The van der Waals surface area contributed by atoms with E-state index in [0.29, 0.717) is 24.1 Å². The third kappa shape index (κ3) is 14.9. The van der Waals surface area contributed by atoms with Gasteiger partial charge in [-0.2, -0.15) is 0 Å². The highest BCUT2D eigenvalue weighted by Gasteiger charge is 2.30. The third-order valence-electron chi connectivity index (χ3n) is 7.70. The van der Waals surface area contributed by atoms with E-state index in [1.54, 1.807) is 36.4 Å². The second-order valence-electron chi connectivity index (χ2n) is 11.7. The summed E-state index contributed by atoms with van der Waals surface area (Å²) in [5.41, 5.74) is 2.64. The molecule has 3 aromatic carbocycles. The van der Waals surface area contributed by atoms with E-state index in [9.17, 15) is 29.1 Å². The van der Waals surface area contributed by atoms with Gasteiger partial charge in [0.05, 0.1) is 6.61 Å². The van der Waals surface area contributed by atoms with Crippen LogP contribution in [0.25, 0.3) is 0 Å². The fraction of sp³-hybridized carbons (Fsp3) is 0.308. The van der Waals surface area contributed by atoms with E-state index in [2.05, 4.69) is 39.7 Å². The molecule has 3 aromatic rings. The molecule has 0 bridgehead atoms. The van der Waals surface area contributed by atoms with Crippen LogP contribution in [0.4, 0.5) is 15.3 Å². The van der Waals surface area contributed by atoms with E-state index in [-0.39, 0.29) is 45.6 Å². The van der Waals surface area contributed by atoms with E-state index >= 15 is 0 Å². The molecule has 6 N–H and O–H groups in total. The maximum absolute atomic E-state index is 14.0. The molecule has 0 aliphatic carbocycles. The average molecular weight is 714 g/mol. The number of aliphatic hydroxyl groups excluding tert-OH is 1. The van der Waals surface area contributed by atoms with Crippen LogP contribution in [-0.4, -0.2) is 72.9 Å². The lowest BCUT2D eigenvalue weighted by molar-refractivity contribution is -0.131. The summed E-state index contributed by atoms with van der Waals surface area (Å²) in [5, 5.41) is 23.0. The van der Waals surface area contributed by atoms with Crippen LogP contribution in [0, 0.1) is 0 Å². The van der Waals surface area contributed by atoms with Crippen LogP contribution in [0.15, 0.2) is 110 Å². The minimum absolute atomic E-state index is 0.0605. The van der Waals surface area contributed by atoms with E-state index in [1.807, 2.05) is 48.5 Å². The molecule has 276 valence electrons. The topological polar surface area (TPSA) is 184 Å². The summed E-state index contributed by atoms with van der Waals surface area (Å²) in [4.78, 5) is 65.7. The lowest BCUT2D eigenvalue weighted by Crippen LogP contribution is -2.57. The standard InChI is InChI=1S/C39H47N5O8/c1-3-23-51-38(49)40-22-12-11-17-32(35(46)41-31-20-18-30(27-45)19-21-31)42-36(47)33(25-28-13-7-5-8-14-28)43-37(48)34(44-39(50)52-24-4-2)26-29-15-9-6-10-16-29/h3-10,13-16,18-21,32-34,45H,1-2,11-12,17,22-27H2,(H,40,49)(H,41,46)(H,42,47)(H,43,48)(H,44,50)/t32-,33?,34?/m0/s1. The Bertz CT molecular complexity index is 1600. The molecule has 52 heavy (non-hydrogen) atoms. The van der Waals surface area contributed by atoms with Crippen LogP contribution in [0.5, 0.6) is 0 Å². The molecule has 3 rings (SSSR count). The van der Waals surface area contributed by atoms with Crippen LogP contribution in [0.2, 0.25) is 0 Å². The first kappa shape index (κ1) is 40.5. The SMILES string of the molecule is C=CCOC(=O)NCCCC[C@H](NC(=O)C(Cc1ccccc1)NC(=O)C(Cc1ccccc1)NC(=O)OCC=C)C(=O)Nc1ccc(CO)cc1. The van der Waals surface area contributed by atoms with Gasteiger partial charge in [-0.25, -0.2) is 9.59 Å². The van der Waals surface area contributed by atoms with Gasteiger partial charge in [-0.15, -0.1) is 0 Å². The predicted molar refractivity (Wildman–Crippen MR) is 197 cm³/mol. The highest BCUT2D eigenvalue weighted by molar-refractivity contribution is 5.99. The maximum atomic E-state index is 14.0. The number of hydrogen-bond acceptors (Lipinski definition) is 8. The summed E-state index contributed by atoms with van der Waals surface area (Å²) in [6.45, 7) is 7.16. The first-order valence-electron chi connectivity index (χ1n) is 17.0. The summed E-state index contributed by atoms with van der Waals surface area (Å²) in [6.07, 6.45) is 2.76. The number of benzene rings is 3. The molecule has 2 unspecified atom stereocenters. The van der Waals surface area contributed by atoms with Crippen molar-refractivity contribution < 1.29 is 38.6 Å². The molecule has 0 saturated carbocycles. The number of aliphatic hydroxyl groups is 1. The zero-order valence-electron chi connectivity index (χ0n) is 29.1.